The highest BCUT2D eigenvalue weighted by molar-refractivity contribution is 5.80. The van der Waals surface area contributed by atoms with Crippen LogP contribution in [0.1, 0.15) is 40.0 Å². The number of piperidine rings is 1. The number of quaternary nitrogens is 1. The minimum absolute atomic E-state index is 0.0467. The molecule has 2 heterocycles. The molecule has 0 bridgehead atoms. The van der Waals surface area contributed by atoms with Crippen molar-refractivity contribution in [1.82, 2.24) is 4.90 Å². The van der Waals surface area contributed by atoms with Crippen molar-refractivity contribution in [3.63, 3.8) is 0 Å². The van der Waals surface area contributed by atoms with E-state index in [-0.39, 0.29) is 6.04 Å². The SMILES string of the molecule is COc1cccc(N2CC[NH+]([C@H](C)C(=O)N3[C@H](C)CCC[C@H]3C)CC2)c1. The minimum Gasteiger partial charge on any atom is -0.497 e. The maximum Gasteiger partial charge on any atom is 0.281 e. The molecular weight excluding hydrogens is 326 g/mol. The molecule has 5 nitrogen and oxygen atoms in total. The lowest BCUT2D eigenvalue weighted by Crippen LogP contribution is -3.19. The van der Waals surface area contributed by atoms with Crippen molar-refractivity contribution in [2.45, 2.75) is 58.2 Å². The number of carbonyl (C=O) groups excluding carboxylic acids is 1. The number of benzene rings is 1. The van der Waals surface area contributed by atoms with Crippen molar-refractivity contribution in [3.05, 3.63) is 24.3 Å². The normalized spacial score (nSPS) is 25.8. The highest BCUT2D eigenvalue weighted by Crippen LogP contribution is 2.23. The van der Waals surface area contributed by atoms with Gasteiger partial charge in [-0.2, -0.15) is 0 Å². The number of amides is 1. The molecule has 3 rings (SSSR count). The van der Waals surface area contributed by atoms with Gasteiger partial charge in [-0.05, 0) is 52.2 Å². The summed E-state index contributed by atoms with van der Waals surface area (Å²) < 4.78 is 5.34. The van der Waals surface area contributed by atoms with Crippen molar-refractivity contribution in [2.24, 2.45) is 0 Å². The first-order chi connectivity index (χ1) is 12.5. The Morgan fingerprint density at radius 1 is 1.19 bits per heavy atom. The molecule has 2 aliphatic heterocycles. The van der Waals surface area contributed by atoms with Gasteiger partial charge in [0.15, 0.2) is 6.04 Å². The number of ether oxygens (including phenoxy) is 1. The van der Waals surface area contributed by atoms with Gasteiger partial charge >= 0.3 is 0 Å². The van der Waals surface area contributed by atoms with Crippen LogP contribution in [-0.2, 0) is 4.79 Å². The molecule has 1 N–H and O–H groups in total. The molecule has 0 aliphatic carbocycles. The number of piperazine rings is 1. The molecule has 0 spiro atoms. The van der Waals surface area contributed by atoms with Crippen LogP contribution in [-0.4, -0.2) is 62.2 Å². The molecule has 3 atom stereocenters. The number of methoxy groups -OCH3 is 1. The van der Waals surface area contributed by atoms with Gasteiger partial charge in [0.05, 0.1) is 33.3 Å². The standard InChI is InChI=1S/C21H33N3O2/c1-16-7-5-8-17(2)24(16)21(25)18(3)22-11-13-23(14-12-22)19-9-6-10-20(15-19)26-4/h6,9-10,15-18H,5,7-8,11-14H2,1-4H3/p+1/t16-,17-,18-/m1/s1. The van der Waals surface area contributed by atoms with Crippen molar-refractivity contribution >= 4 is 11.6 Å². The van der Waals surface area contributed by atoms with Crippen LogP contribution in [0.5, 0.6) is 5.75 Å². The topological polar surface area (TPSA) is 37.2 Å². The van der Waals surface area contributed by atoms with Crippen LogP contribution >= 0.6 is 0 Å². The third kappa shape index (κ3) is 3.98. The number of carbonyl (C=O) groups is 1. The predicted octanol–water partition coefficient (Wildman–Crippen LogP) is 1.58. The van der Waals surface area contributed by atoms with Gasteiger partial charge in [0.25, 0.3) is 5.91 Å². The van der Waals surface area contributed by atoms with E-state index in [0.717, 1.165) is 44.8 Å². The number of hydrogen-bond donors (Lipinski definition) is 1. The second-order valence-corrected chi connectivity index (χ2v) is 7.94. The Labute approximate surface area is 157 Å². The van der Waals surface area contributed by atoms with E-state index in [1.54, 1.807) is 7.11 Å². The Hall–Kier alpha value is -1.75. The Balaban J connectivity index is 1.59. The molecule has 1 aromatic rings. The first kappa shape index (κ1) is 19.0. The lowest BCUT2D eigenvalue weighted by Gasteiger charge is -2.42. The molecule has 2 fully saturated rings. The maximum atomic E-state index is 13.1. The summed E-state index contributed by atoms with van der Waals surface area (Å²) in [5.41, 5.74) is 1.21. The molecule has 1 aromatic carbocycles. The van der Waals surface area contributed by atoms with Crippen molar-refractivity contribution in [2.75, 3.05) is 38.2 Å². The average molecular weight is 361 g/mol. The Morgan fingerprint density at radius 2 is 1.85 bits per heavy atom. The lowest BCUT2D eigenvalue weighted by atomic mass is 9.96. The number of likely N-dealkylation sites (tertiary alicyclic amines) is 1. The smallest absolute Gasteiger partial charge is 0.281 e. The largest absolute Gasteiger partial charge is 0.497 e. The molecule has 5 heteroatoms. The zero-order chi connectivity index (χ0) is 18.7. The van der Waals surface area contributed by atoms with Crippen LogP contribution in [0.15, 0.2) is 24.3 Å². The molecule has 0 radical (unpaired) electrons. The van der Waals surface area contributed by atoms with Crippen LogP contribution in [0.25, 0.3) is 0 Å². The fraction of sp³-hybridized carbons (Fsp3) is 0.667. The van der Waals surface area contributed by atoms with E-state index >= 15 is 0 Å². The summed E-state index contributed by atoms with van der Waals surface area (Å²) in [5, 5.41) is 0. The average Bonchev–Trinajstić information content (AvgIpc) is 2.67. The van der Waals surface area contributed by atoms with E-state index in [9.17, 15) is 4.79 Å². The van der Waals surface area contributed by atoms with Crippen molar-refractivity contribution in [1.29, 1.82) is 0 Å². The van der Waals surface area contributed by atoms with E-state index < -0.39 is 0 Å². The maximum absolute atomic E-state index is 13.1. The zero-order valence-electron chi connectivity index (χ0n) is 16.7. The summed E-state index contributed by atoms with van der Waals surface area (Å²) >= 11 is 0. The monoisotopic (exact) mass is 360 g/mol. The predicted molar refractivity (Wildman–Crippen MR) is 105 cm³/mol. The van der Waals surface area contributed by atoms with Crippen LogP contribution in [0.3, 0.4) is 0 Å². The van der Waals surface area contributed by atoms with Gasteiger partial charge in [0, 0.05) is 23.8 Å². The van der Waals surface area contributed by atoms with E-state index in [4.69, 9.17) is 4.74 Å². The van der Waals surface area contributed by atoms with Crippen LogP contribution in [0, 0.1) is 0 Å². The van der Waals surface area contributed by atoms with Crippen LogP contribution < -0.4 is 14.5 Å². The van der Waals surface area contributed by atoms with E-state index in [2.05, 4.69) is 42.7 Å². The minimum atomic E-state index is 0.0467. The summed E-state index contributed by atoms with van der Waals surface area (Å²) in [4.78, 5) is 19.1. The molecule has 0 saturated carbocycles. The van der Waals surface area contributed by atoms with E-state index in [0.29, 0.717) is 18.0 Å². The molecule has 0 aromatic heterocycles. The highest BCUT2D eigenvalue weighted by Gasteiger charge is 2.37. The third-order valence-corrected chi connectivity index (χ3v) is 6.25. The van der Waals surface area contributed by atoms with Gasteiger partial charge in [-0.3, -0.25) is 4.79 Å². The van der Waals surface area contributed by atoms with Gasteiger partial charge in [-0.25, -0.2) is 0 Å². The molecule has 144 valence electrons. The van der Waals surface area contributed by atoms with Gasteiger partial charge in [-0.15, -0.1) is 0 Å². The van der Waals surface area contributed by atoms with Gasteiger partial charge in [-0.1, -0.05) is 6.07 Å². The fourth-order valence-electron chi connectivity index (χ4n) is 4.55. The quantitative estimate of drug-likeness (QED) is 0.886. The molecule has 26 heavy (non-hydrogen) atoms. The number of rotatable bonds is 4. The first-order valence-corrected chi connectivity index (χ1v) is 10.1. The van der Waals surface area contributed by atoms with Crippen molar-refractivity contribution < 1.29 is 14.4 Å². The summed E-state index contributed by atoms with van der Waals surface area (Å²) in [5.74, 6) is 1.24. The van der Waals surface area contributed by atoms with E-state index in [1.165, 1.54) is 17.0 Å². The van der Waals surface area contributed by atoms with Crippen LogP contribution in [0.4, 0.5) is 5.69 Å². The number of anilines is 1. The summed E-state index contributed by atoms with van der Waals surface area (Å²) in [6, 6.07) is 9.06. The zero-order valence-corrected chi connectivity index (χ0v) is 16.7. The number of nitrogens with zero attached hydrogens (tertiary/aromatic N) is 2. The first-order valence-electron chi connectivity index (χ1n) is 10.1. The molecular formula is C21H34N3O2+. The lowest BCUT2D eigenvalue weighted by molar-refractivity contribution is -0.915. The van der Waals surface area contributed by atoms with E-state index in [1.807, 2.05) is 12.1 Å². The molecule has 2 aliphatic rings. The summed E-state index contributed by atoms with van der Waals surface area (Å²) in [6.07, 6.45) is 3.52. The Morgan fingerprint density at radius 3 is 2.46 bits per heavy atom. The fourth-order valence-corrected chi connectivity index (χ4v) is 4.55. The molecule has 2 saturated heterocycles. The van der Waals surface area contributed by atoms with Gasteiger partial charge in [0.2, 0.25) is 0 Å². The van der Waals surface area contributed by atoms with Gasteiger partial charge < -0.3 is 19.4 Å². The third-order valence-electron chi connectivity index (χ3n) is 6.25. The number of hydrogen-bond acceptors (Lipinski definition) is 3. The second kappa shape index (κ2) is 8.30. The second-order valence-electron chi connectivity index (χ2n) is 7.94. The Bertz CT molecular complexity index is 603. The van der Waals surface area contributed by atoms with Crippen LogP contribution in [0.2, 0.25) is 0 Å². The highest BCUT2D eigenvalue weighted by atomic mass is 16.5. The van der Waals surface area contributed by atoms with Crippen molar-refractivity contribution in [3.8, 4) is 5.75 Å². The summed E-state index contributed by atoms with van der Waals surface area (Å²) in [6.45, 7) is 10.5. The molecule has 1 amide bonds. The molecule has 0 unspecified atom stereocenters. The van der Waals surface area contributed by atoms with Gasteiger partial charge in [0.1, 0.15) is 5.75 Å². The number of nitrogens with one attached hydrogen (secondary N) is 1. The Kier molecular flexibility index (Phi) is 6.07. The summed E-state index contributed by atoms with van der Waals surface area (Å²) in [7, 11) is 1.71.